The summed E-state index contributed by atoms with van der Waals surface area (Å²) in [4.78, 5) is 24.9. The number of carbonyl (C=O) groups excluding carboxylic acids is 1. The first-order valence-corrected chi connectivity index (χ1v) is 12.5. The molecule has 4 aliphatic carbocycles. The van der Waals surface area contributed by atoms with Gasteiger partial charge in [-0.15, -0.1) is 0 Å². The van der Waals surface area contributed by atoms with Gasteiger partial charge >= 0.3 is 0 Å². The molecule has 0 spiro atoms. The molecule has 4 fully saturated rings. The largest absolute Gasteiger partial charge is 0.310 e. The van der Waals surface area contributed by atoms with Crippen molar-refractivity contribution in [2.45, 2.75) is 58.0 Å². The fourth-order valence-electron chi connectivity index (χ4n) is 7.17. The molecule has 168 valence electrons. The van der Waals surface area contributed by atoms with Crippen molar-refractivity contribution < 1.29 is 4.79 Å². The third-order valence-electron chi connectivity index (χ3n) is 8.25. The fraction of sp³-hybridized carbons (Fsp3) is 0.560. The van der Waals surface area contributed by atoms with E-state index in [1.807, 2.05) is 12.1 Å². The minimum Gasteiger partial charge on any atom is -0.310 e. The molecule has 4 saturated carbocycles. The van der Waals surface area contributed by atoms with Crippen LogP contribution in [0.5, 0.6) is 0 Å². The van der Waals surface area contributed by atoms with Crippen molar-refractivity contribution in [3.63, 3.8) is 0 Å². The van der Waals surface area contributed by atoms with Gasteiger partial charge in [-0.05, 0) is 80.4 Å². The minimum absolute atomic E-state index is 0.168. The summed E-state index contributed by atoms with van der Waals surface area (Å²) in [7, 11) is 0. The molecule has 32 heavy (non-hydrogen) atoms. The van der Waals surface area contributed by atoms with Crippen molar-refractivity contribution in [3.05, 3.63) is 51.4 Å². The topological polar surface area (TPSA) is 58.1 Å². The Morgan fingerprint density at radius 1 is 1.09 bits per heavy atom. The molecule has 0 saturated heterocycles. The molecule has 5 aliphatic rings. The number of nitrogens with zero attached hydrogens (tertiary/aromatic N) is 3. The average molecular weight is 471 g/mol. The highest BCUT2D eigenvalue weighted by Crippen LogP contribution is 2.60. The first-order valence-electron chi connectivity index (χ1n) is 11.8. The van der Waals surface area contributed by atoms with Crippen LogP contribution in [0.1, 0.15) is 55.3 Å². The molecule has 1 aromatic heterocycles. The van der Waals surface area contributed by atoms with E-state index in [2.05, 4.69) is 20.2 Å². The van der Waals surface area contributed by atoms with Crippen LogP contribution in [0.3, 0.4) is 0 Å². The highest BCUT2D eigenvalue weighted by atomic mass is 35.5. The van der Waals surface area contributed by atoms with Gasteiger partial charge in [0.2, 0.25) is 5.91 Å². The molecular formula is C25H28Cl2N4O. The number of nitrogens with one attached hydrogen (secondary N) is 1. The number of fused-ring (bicyclic) bond motifs is 1. The van der Waals surface area contributed by atoms with Crippen LogP contribution in [0, 0.1) is 23.2 Å². The van der Waals surface area contributed by atoms with Crippen molar-refractivity contribution in [2.75, 3.05) is 11.9 Å². The van der Waals surface area contributed by atoms with Crippen LogP contribution in [-0.4, -0.2) is 27.3 Å². The molecule has 7 heteroatoms. The first kappa shape index (κ1) is 20.9. The summed E-state index contributed by atoms with van der Waals surface area (Å²) in [5.74, 6) is 3.17. The van der Waals surface area contributed by atoms with Crippen molar-refractivity contribution in [2.24, 2.45) is 23.2 Å². The number of carbonyl (C=O) groups is 1. The Labute approximate surface area is 198 Å². The van der Waals surface area contributed by atoms with E-state index < -0.39 is 0 Å². The van der Waals surface area contributed by atoms with Crippen LogP contribution >= 0.6 is 23.2 Å². The Bertz CT molecular complexity index is 1040. The van der Waals surface area contributed by atoms with Crippen LogP contribution in [-0.2, 0) is 24.3 Å². The zero-order chi connectivity index (χ0) is 21.9. The summed E-state index contributed by atoms with van der Waals surface area (Å²) in [5.41, 5.74) is 2.98. The van der Waals surface area contributed by atoms with Crippen LogP contribution in [0.25, 0.3) is 0 Å². The number of halogens is 2. The molecule has 1 N–H and O–H groups in total. The van der Waals surface area contributed by atoms with Gasteiger partial charge in [0.1, 0.15) is 12.1 Å². The van der Waals surface area contributed by atoms with E-state index in [0.29, 0.717) is 10.0 Å². The van der Waals surface area contributed by atoms with E-state index in [1.54, 1.807) is 12.4 Å². The predicted octanol–water partition coefficient (Wildman–Crippen LogP) is 5.50. The zero-order valence-electron chi connectivity index (χ0n) is 18.1. The van der Waals surface area contributed by atoms with Crippen molar-refractivity contribution in [1.82, 2.24) is 14.9 Å². The van der Waals surface area contributed by atoms with Crippen molar-refractivity contribution in [1.29, 1.82) is 0 Å². The van der Waals surface area contributed by atoms with E-state index in [0.717, 1.165) is 85.7 Å². The molecule has 4 bridgehead atoms. The number of benzene rings is 1. The fourth-order valence-corrected chi connectivity index (χ4v) is 7.64. The lowest BCUT2D eigenvalue weighted by atomic mass is 9.49. The van der Waals surface area contributed by atoms with E-state index >= 15 is 0 Å². The smallest absolute Gasteiger partial charge is 0.231 e. The Balaban J connectivity index is 1.18. The second-order valence-corrected chi connectivity index (χ2v) is 11.3. The normalized spacial score (nSPS) is 30.9. The Morgan fingerprint density at radius 2 is 1.81 bits per heavy atom. The SMILES string of the molecule is O=C(Nc1ncnc2c1CCN(Cc1ccc(Cl)cc1Cl)C2)C12CC3CC(CC(C3)C1)C2. The third kappa shape index (κ3) is 3.72. The molecule has 2 heterocycles. The molecule has 0 radical (unpaired) electrons. The van der Waals surface area contributed by atoms with Crippen LogP contribution in [0.15, 0.2) is 24.5 Å². The van der Waals surface area contributed by atoms with E-state index in [1.165, 1.54) is 19.3 Å². The number of aromatic nitrogens is 2. The van der Waals surface area contributed by atoms with E-state index in [4.69, 9.17) is 23.2 Å². The predicted molar refractivity (Wildman–Crippen MR) is 126 cm³/mol. The van der Waals surface area contributed by atoms with E-state index in [-0.39, 0.29) is 11.3 Å². The maximum Gasteiger partial charge on any atom is 0.231 e. The van der Waals surface area contributed by atoms with E-state index in [9.17, 15) is 4.79 Å². The lowest BCUT2D eigenvalue weighted by Crippen LogP contribution is -2.52. The van der Waals surface area contributed by atoms with Gasteiger partial charge in [-0.1, -0.05) is 29.3 Å². The van der Waals surface area contributed by atoms with Gasteiger partial charge in [0.15, 0.2) is 0 Å². The summed E-state index contributed by atoms with van der Waals surface area (Å²) in [6, 6.07) is 5.65. The zero-order valence-corrected chi connectivity index (χ0v) is 19.6. The molecule has 7 rings (SSSR count). The van der Waals surface area contributed by atoms with Crippen molar-refractivity contribution in [3.8, 4) is 0 Å². The minimum atomic E-state index is -0.168. The second kappa shape index (κ2) is 7.96. The number of rotatable bonds is 4. The highest BCUT2D eigenvalue weighted by molar-refractivity contribution is 6.35. The molecule has 1 aliphatic heterocycles. The summed E-state index contributed by atoms with van der Waals surface area (Å²) >= 11 is 12.4. The van der Waals surface area contributed by atoms with Gasteiger partial charge < -0.3 is 5.32 Å². The standard InChI is InChI=1S/C25H28Cl2N4O/c26-19-2-1-18(21(27)8-19)12-31-4-3-20-22(13-31)28-14-29-23(20)30-24(32)25-9-15-5-16(10-25)7-17(6-15)11-25/h1-2,8,14-17H,3-7,9-13H2,(H,28,29,30,32). The van der Waals surface area contributed by atoms with Crippen LogP contribution in [0.2, 0.25) is 10.0 Å². The summed E-state index contributed by atoms with van der Waals surface area (Å²) in [6.45, 7) is 2.34. The summed E-state index contributed by atoms with van der Waals surface area (Å²) in [5, 5.41) is 4.60. The molecule has 0 unspecified atom stereocenters. The quantitative estimate of drug-likeness (QED) is 0.640. The van der Waals surface area contributed by atoms with Gasteiger partial charge in [-0.2, -0.15) is 0 Å². The van der Waals surface area contributed by atoms with Gasteiger partial charge in [0.25, 0.3) is 0 Å². The monoisotopic (exact) mass is 470 g/mol. The summed E-state index contributed by atoms with van der Waals surface area (Å²) in [6.07, 6.45) is 9.61. The number of hydrogen-bond donors (Lipinski definition) is 1. The van der Waals surface area contributed by atoms with Gasteiger partial charge in [-0.25, -0.2) is 9.97 Å². The Kier molecular flexibility index (Phi) is 5.20. The molecule has 5 nitrogen and oxygen atoms in total. The maximum atomic E-state index is 13.5. The number of amides is 1. The molecular weight excluding hydrogens is 443 g/mol. The van der Waals surface area contributed by atoms with Gasteiger partial charge in [-0.3, -0.25) is 9.69 Å². The van der Waals surface area contributed by atoms with Crippen molar-refractivity contribution >= 4 is 34.9 Å². The Hall–Kier alpha value is -1.69. The molecule has 2 aromatic rings. The van der Waals surface area contributed by atoms with Crippen LogP contribution in [0.4, 0.5) is 5.82 Å². The van der Waals surface area contributed by atoms with Crippen LogP contribution < -0.4 is 5.32 Å². The summed E-state index contributed by atoms with van der Waals surface area (Å²) < 4.78 is 0. The molecule has 0 atom stereocenters. The first-order chi connectivity index (χ1) is 15.5. The highest BCUT2D eigenvalue weighted by Gasteiger charge is 2.54. The number of hydrogen-bond acceptors (Lipinski definition) is 4. The third-order valence-corrected chi connectivity index (χ3v) is 8.83. The lowest BCUT2D eigenvalue weighted by Gasteiger charge is -2.55. The lowest BCUT2D eigenvalue weighted by molar-refractivity contribution is -0.140. The maximum absolute atomic E-state index is 13.5. The molecule has 1 aromatic carbocycles. The second-order valence-electron chi connectivity index (χ2n) is 10.5. The average Bonchev–Trinajstić information content (AvgIpc) is 2.75. The molecule has 1 amide bonds. The van der Waals surface area contributed by atoms with Gasteiger partial charge in [0.05, 0.1) is 11.1 Å². The Morgan fingerprint density at radius 3 is 2.50 bits per heavy atom. The number of anilines is 1. The van der Waals surface area contributed by atoms with Gasteiger partial charge in [0, 0.05) is 35.2 Å².